The van der Waals surface area contributed by atoms with Gasteiger partial charge in [-0.05, 0) is 11.6 Å². The van der Waals surface area contributed by atoms with Crippen LogP contribution in [0.15, 0.2) is 36.4 Å². The Morgan fingerprint density at radius 2 is 1.66 bits per heavy atom. The molecule has 2 aromatic carbocycles. The van der Waals surface area contributed by atoms with Crippen molar-refractivity contribution in [2.45, 2.75) is 43.6 Å². The van der Waals surface area contributed by atoms with E-state index in [4.69, 9.17) is 9.47 Å². The number of alkyl halides is 2. The van der Waals surface area contributed by atoms with E-state index in [0.717, 1.165) is 19.1 Å². The van der Waals surface area contributed by atoms with Gasteiger partial charge in [-0.2, -0.15) is 0 Å². The van der Waals surface area contributed by atoms with Gasteiger partial charge in [0.25, 0.3) is 5.92 Å². The van der Waals surface area contributed by atoms with Crippen LogP contribution >= 0.6 is 0 Å². The average Bonchev–Trinajstić information content (AvgIpc) is 2.73. The molecule has 0 aromatic heterocycles. The number of benzene rings is 2. The van der Waals surface area contributed by atoms with E-state index in [1.165, 1.54) is 30.3 Å². The third-order valence-corrected chi connectivity index (χ3v) is 5.00. The van der Waals surface area contributed by atoms with Crippen molar-refractivity contribution >= 4 is 12.2 Å². The van der Waals surface area contributed by atoms with Crippen molar-refractivity contribution in [1.29, 1.82) is 0 Å². The summed E-state index contributed by atoms with van der Waals surface area (Å²) in [5.41, 5.74) is -0.401. The molecule has 1 unspecified atom stereocenters. The van der Waals surface area contributed by atoms with Crippen LogP contribution in [0.2, 0.25) is 0 Å². The van der Waals surface area contributed by atoms with Gasteiger partial charge < -0.3 is 29.9 Å². The van der Waals surface area contributed by atoms with Crippen molar-refractivity contribution in [3.05, 3.63) is 64.7 Å². The molecule has 32 heavy (non-hydrogen) atoms. The molecule has 6 nitrogen and oxygen atoms in total. The lowest BCUT2D eigenvalue weighted by Crippen LogP contribution is -2.60. The van der Waals surface area contributed by atoms with Gasteiger partial charge >= 0.3 is 0 Å². The van der Waals surface area contributed by atoms with Crippen molar-refractivity contribution in [3.8, 4) is 5.75 Å². The summed E-state index contributed by atoms with van der Waals surface area (Å²) < 4.78 is 66.6. The predicted molar refractivity (Wildman–Crippen MR) is 106 cm³/mol. The van der Waals surface area contributed by atoms with E-state index in [1.807, 2.05) is 0 Å². The van der Waals surface area contributed by atoms with E-state index in [2.05, 4.69) is 0 Å². The number of hydrogen-bond acceptors (Lipinski definition) is 6. The molecule has 1 fully saturated rings. The van der Waals surface area contributed by atoms with Gasteiger partial charge in [-0.15, -0.1) is 0 Å². The molecule has 0 amide bonds. The Morgan fingerprint density at radius 3 is 2.31 bits per heavy atom. The Labute approximate surface area is 181 Å². The van der Waals surface area contributed by atoms with Crippen molar-refractivity contribution in [1.82, 2.24) is 0 Å². The lowest BCUT2D eigenvalue weighted by atomic mass is 9.99. The SMILES string of the molecule is CC(F)(F)c1ccccc1/C=C/c1cc(F)cc(F)c1OC1O[C@H](CO)[C@@H](O)[C@H](O)[C@H]1O. The highest BCUT2D eigenvalue weighted by Gasteiger charge is 2.45. The van der Waals surface area contributed by atoms with Crippen LogP contribution in [-0.4, -0.2) is 57.7 Å². The van der Waals surface area contributed by atoms with Crippen molar-refractivity contribution in [2.24, 2.45) is 0 Å². The van der Waals surface area contributed by atoms with Gasteiger partial charge in [0.1, 0.15) is 30.2 Å². The smallest absolute Gasteiger partial charge is 0.271 e. The summed E-state index contributed by atoms with van der Waals surface area (Å²) in [6, 6.07) is 6.96. The summed E-state index contributed by atoms with van der Waals surface area (Å²) in [5.74, 6) is -5.91. The number of hydrogen-bond donors (Lipinski definition) is 4. The molecular formula is C22H22F4O6. The molecular weight excluding hydrogens is 436 g/mol. The Bertz CT molecular complexity index is 975. The highest BCUT2D eigenvalue weighted by Crippen LogP contribution is 2.33. The topological polar surface area (TPSA) is 99.4 Å². The zero-order chi connectivity index (χ0) is 23.6. The molecule has 0 aliphatic carbocycles. The van der Waals surface area contributed by atoms with Gasteiger partial charge in [-0.1, -0.05) is 36.4 Å². The summed E-state index contributed by atoms with van der Waals surface area (Å²) in [7, 11) is 0. The van der Waals surface area contributed by atoms with Crippen LogP contribution in [0.3, 0.4) is 0 Å². The molecule has 2 aromatic rings. The van der Waals surface area contributed by atoms with E-state index < -0.39 is 60.6 Å². The predicted octanol–water partition coefficient (Wildman–Crippen LogP) is 2.43. The summed E-state index contributed by atoms with van der Waals surface area (Å²) in [5, 5.41) is 39.1. The highest BCUT2D eigenvalue weighted by molar-refractivity contribution is 5.74. The standard InChI is InChI=1S/C22H22F4O6/c1-22(25,26)14-5-3-2-4-11(14)6-7-12-8-13(23)9-15(24)20(12)32-21-19(30)18(29)17(28)16(10-27)31-21/h2-9,16-19,21,27-30H,10H2,1H3/b7-6+/t16-,17-,18+,19-,21?/m1/s1. The first-order valence-electron chi connectivity index (χ1n) is 9.64. The molecule has 3 rings (SSSR count). The normalized spacial score (nSPS) is 26.5. The Hall–Kier alpha value is -2.50. The minimum absolute atomic E-state index is 0.100. The van der Waals surface area contributed by atoms with Crippen molar-refractivity contribution in [3.63, 3.8) is 0 Å². The number of ether oxygens (including phenoxy) is 2. The van der Waals surface area contributed by atoms with Crippen molar-refractivity contribution in [2.75, 3.05) is 6.61 Å². The molecule has 10 heteroatoms. The second kappa shape index (κ2) is 9.55. The quantitative estimate of drug-likeness (QED) is 0.392. The fourth-order valence-electron chi connectivity index (χ4n) is 3.33. The Morgan fingerprint density at radius 1 is 1.00 bits per heavy atom. The maximum absolute atomic E-state index is 14.5. The molecule has 1 saturated heterocycles. The first-order chi connectivity index (χ1) is 15.0. The molecule has 1 aliphatic rings. The maximum atomic E-state index is 14.5. The van der Waals surface area contributed by atoms with Crippen LogP contribution in [0.1, 0.15) is 23.6 Å². The number of aliphatic hydroxyl groups is 4. The molecule has 1 aliphatic heterocycles. The lowest BCUT2D eigenvalue weighted by molar-refractivity contribution is -0.277. The highest BCUT2D eigenvalue weighted by atomic mass is 19.3. The monoisotopic (exact) mass is 458 g/mol. The van der Waals surface area contributed by atoms with Gasteiger partial charge in [0.2, 0.25) is 6.29 Å². The van der Waals surface area contributed by atoms with Gasteiger partial charge in [-0.25, -0.2) is 17.6 Å². The lowest BCUT2D eigenvalue weighted by Gasteiger charge is -2.39. The Kier molecular flexibility index (Phi) is 7.21. The fourth-order valence-corrected chi connectivity index (χ4v) is 3.33. The molecule has 0 radical (unpaired) electrons. The largest absolute Gasteiger partial charge is 0.458 e. The summed E-state index contributed by atoms with van der Waals surface area (Å²) in [4.78, 5) is 0. The number of halogens is 4. The van der Waals surface area contributed by atoms with E-state index >= 15 is 0 Å². The van der Waals surface area contributed by atoms with Crippen LogP contribution in [-0.2, 0) is 10.7 Å². The average molecular weight is 458 g/mol. The minimum Gasteiger partial charge on any atom is -0.458 e. The molecule has 5 atom stereocenters. The molecule has 0 saturated carbocycles. The molecule has 1 heterocycles. The molecule has 4 N–H and O–H groups in total. The third kappa shape index (κ3) is 5.11. The zero-order valence-electron chi connectivity index (χ0n) is 16.8. The van der Waals surface area contributed by atoms with E-state index in [0.29, 0.717) is 6.07 Å². The van der Waals surface area contributed by atoms with Crippen LogP contribution in [0.25, 0.3) is 12.2 Å². The van der Waals surface area contributed by atoms with Crippen LogP contribution in [0, 0.1) is 11.6 Å². The van der Waals surface area contributed by atoms with Crippen molar-refractivity contribution < 1.29 is 47.5 Å². The number of aliphatic hydroxyl groups excluding tert-OH is 4. The molecule has 0 spiro atoms. The Balaban J connectivity index is 1.96. The zero-order valence-corrected chi connectivity index (χ0v) is 16.8. The van der Waals surface area contributed by atoms with Gasteiger partial charge in [0.15, 0.2) is 11.6 Å². The fraction of sp³-hybridized carbons (Fsp3) is 0.364. The first-order valence-corrected chi connectivity index (χ1v) is 9.64. The van der Waals surface area contributed by atoms with E-state index in [1.54, 1.807) is 0 Å². The van der Waals surface area contributed by atoms with Crippen LogP contribution in [0.4, 0.5) is 17.6 Å². The van der Waals surface area contributed by atoms with Gasteiger partial charge in [-0.3, -0.25) is 0 Å². The van der Waals surface area contributed by atoms with Gasteiger partial charge in [0.05, 0.1) is 6.61 Å². The molecule has 0 bridgehead atoms. The number of rotatable bonds is 6. The summed E-state index contributed by atoms with van der Waals surface area (Å²) in [6.07, 6.45) is -5.90. The van der Waals surface area contributed by atoms with E-state index in [-0.39, 0.29) is 16.7 Å². The minimum atomic E-state index is -3.16. The second-order valence-corrected chi connectivity index (χ2v) is 7.43. The maximum Gasteiger partial charge on any atom is 0.271 e. The first kappa shape index (κ1) is 24.1. The van der Waals surface area contributed by atoms with Crippen LogP contribution in [0.5, 0.6) is 5.75 Å². The summed E-state index contributed by atoms with van der Waals surface area (Å²) in [6.45, 7) is -0.0132. The third-order valence-electron chi connectivity index (χ3n) is 5.00. The van der Waals surface area contributed by atoms with Crippen LogP contribution < -0.4 is 4.74 Å². The van der Waals surface area contributed by atoms with Gasteiger partial charge in [0, 0.05) is 24.1 Å². The summed E-state index contributed by atoms with van der Waals surface area (Å²) >= 11 is 0. The van der Waals surface area contributed by atoms with E-state index in [9.17, 15) is 38.0 Å². The molecule has 174 valence electrons. The second-order valence-electron chi connectivity index (χ2n) is 7.43.